The zero-order chi connectivity index (χ0) is 21.5. The van der Waals surface area contributed by atoms with Gasteiger partial charge in [-0.1, -0.05) is 29.8 Å². The van der Waals surface area contributed by atoms with Crippen molar-refractivity contribution in [1.29, 1.82) is 0 Å². The summed E-state index contributed by atoms with van der Waals surface area (Å²) in [6.45, 7) is 3.29. The summed E-state index contributed by atoms with van der Waals surface area (Å²) in [5, 5.41) is 15.9. The number of nitrogens with one attached hydrogen (secondary N) is 1. The van der Waals surface area contributed by atoms with Gasteiger partial charge in [0.15, 0.2) is 5.13 Å². The van der Waals surface area contributed by atoms with Crippen molar-refractivity contribution in [3.05, 3.63) is 69.6 Å². The van der Waals surface area contributed by atoms with Crippen LogP contribution in [0.3, 0.4) is 0 Å². The van der Waals surface area contributed by atoms with Gasteiger partial charge in [-0.15, -0.1) is 11.3 Å². The molecule has 0 saturated heterocycles. The number of aromatic nitrogens is 1. The molecule has 0 aliphatic rings. The molecule has 0 fully saturated rings. The summed E-state index contributed by atoms with van der Waals surface area (Å²) in [6.07, 6.45) is 0. The number of rotatable bonds is 9. The number of hydrogen-bond acceptors (Lipinski definition) is 7. The number of non-ortho nitro benzene ring substituents is 1. The van der Waals surface area contributed by atoms with E-state index >= 15 is 0 Å². The van der Waals surface area contributed by atoms with E-state index < -0.39 is 4.92 Å². The third kappa shape index (κ3) is 6.10. The normalized spacial score (nSPS) is 10.8. The van der Waals surface area contributed by atoms with Crippen LogP contribution in [0.4, 0.5) is 10.8 Å². The van der Waals surface area contributed by atoms with Crippen LogP contribution in [0.2, 0.25) is 0 Å². The van der Waals surface area contributed by atoms with Gasteiger partial charge in [0.05, 0.1) is 17.2 Å². The van der Waals surface area contributed by atoms with Gasteiger partial charge >= 0.3 is 0 Å². The highest BCUT2D eigenvalue weighted by Gasteiger charge is 2.12. The number of anilines is 1. The van der Waals surface area contributed by atoms with Crippen molar-refractivity contribution < 1.29 is 14.5 Å². The Morgan fingerprint density at radius 3 is 2.77 bits per heavy atom. The molecule has 0 unspecified atom stereocenters. The predicted octanol–water partition coefficient (Wildman–Crippen LogP) is 3.98. The van der Waals surface area contributed by atoms with E-state index in [1.54, 1.807) is 17.5 Å². The molecule has 1 aromatic heterocycles. The Labute approximate surface area is 178 Å². The van der Waals surface area contributed by atoms with E-state index in [1.807, 2.05) is 43.1 Å². The summed E-state index contributed by atoms with van der Waals surface area (Å²) in [5.74, 6) is 0.614. The molecule has 1 heterocycles. The lowest BCUT2D eigenvalue weighted by Crippen LogP contribution is -2.33. The molecule has 8 nitrogen and oxygen atoms in total. The Balaban J connectivity index is 1.47. The smallest absolute Gasteiger partial charge is 0.270 e. The van der Waals surface area contributed by atoms with Gasteiger partial charge < -0.3 is 10.1 Å². The number of amides is 1. The Bertz CT molecular complexity index is 1020. The van der Waals surface area contributed by atoms with Gasteiger partial charge in [0.1, 0.15) is 12.4 Å². The summed E-state index contributed by atoms with van der Waals surface area (Å²) < 4.78 is 5.68. The third-order valence-electron chi connectivity index (χ3n) is 4.28. The quantitative estimate of drug-likeness (QED) is 0.411. The van der Waals surface area contributed by atoms with Crippen molar-refractivity contribution >= 4 is 28.1 Å². The number of nitro benzene ring substituents is 1. The Hall–Kier alpha value is -3.30. The molecule has 0 spiro atoms. The maximum atomic E-state index is 12.3. The van der Waals surface area contributed by atoms with Crippen molar-refractivity contribution in [2.45, 2.75) is 6.92 Å². The van der Waals surface area contributed by atoms with Gasteiger partial charge in [-0.3, -0.25) is 19.8 Å². The Morgan fingerprint density at radius 2 is 2.03 bits per heavy atom. The molecule has 0 bridgehead atoms. The lowest BCUT2D eigenvalue weighted by atomic mass is 10.1. The molecule has 0 atom stereocenters. The molecule has 1 amide bonds. The number of thiazole rings is 1. The maximum Gasteiger partial charge on any atom is 0.270 e. The van der Waals surface area contributed by atoms with Crippen LogP contribution in [-0.2, 0) is 4.79 Å². The Morgan fingerprint density at radius 1 is 1.27 bits per heavy atom. The summed E-state index contributed by atoms with van der Waals surface area (Å²) in [4.78, 5) is 29.0. The SMILES string of the molecule is Cc1ccc(OCCN(C)CC(=O)Nc2nc(-c3cccc([N+](=O)[O-])c3)cs2)cc1. The second kappa shape index (κ2) is 9.95. The summed E-state index contributed by atoms with van der Waals surface area (Å²) in [5.41, 5.74) is 2.39. The van der Waals surface area contributed by atoms with E-state index in [9.17, 15) is 14.9 Å². The predicted molar refractivity (Wildman–Crippen MR) is 117 cm³/mol. The first-order valence-corrected chi connectivity index (χ1v) is 10.2. The molecule has 1 N–H and O–H groups in total. The van der Waals surface area contributed by atoms with Gasteiger partial charge in [-0.25, -0.2) is 4.98 Å². The second-order valence-electron chi connectivity index (χ2n) is 6.79. The van der Waals surface area contributed by atoms with Crippen LogP contribution in [0.15, 0.2) is 53.9 Å². The molecular formula is C21H22N4O4S. The average molecular weight is 426 g/mol. The van der Waals surface area contributed by atoms with Crippen LogP contribution < -0.4 is 10.1 Å². The topological polar surface area (TPSA) is 97.6 Å². The molecule has 9 heteroatoms. The maximum absolute atomic E-state index is 12.3. The number of hydrogen-bond donors (Lipinski definition) is 1. The summed E-state index contributed by atoms with van der Waals surface area (Å²) >= 11 is 1.27. The number of carbonyl (C=O) groups is 1. The van der Waals surface area contributed by atoms with Crippen LogP contribution in [0.5, 0.6) is 5.75 Å². The van der Waals surface area contributed by atoms with Crippen LogP contribution in [0, 0.1) is 17.0 Å². The summed E-state index contributed by atoms with van der Waals surface area (Å²) in [6, 6.07) is 14.1. The minimum Gasteiger partial charge on any atom is -0.492 e. The molecule has 30 heavy (non-hydrogen) atoms. The third-order valence-corrected chi connectivity index (χ3v) is 5.04. The van der Waals surface area contributed by atoms with Crippen molar-refractivity contribution in [2.24, 2.45) is 0 Å². The van der Waals surface area contributed by atoms with Crippen molar-refractivity contribution in [2.75, 3.05) is 32.1 Å². The molecule has 0 aliphatic heterocycles. The lowest BCUT2D eigenvalue weighted by molar-refractivity contribution is -0.384. The van der Waals surface area contributed by atoms with Crippen molar-refractivity contribution in [1.82, 2.24) is 9.88 Å². The highest BCUT2D eigenvalue weighted by molar-refractivity contribution is 7.14. The molecular weight excluding hydrogens is 404 g/mol. The van der Waals surface area contributed by atoms with E-state index in [1.165, 1.54) is 29.0 Å². The zero-order valence-corrected chi connectivity index (χ0v) is 17.5. The fraction of sp³-hybridized carbons (Fsp3) is 0.238. The molecule has 156 valence electrons. The standard InChI is InChI=1S/C21H22N4O4S/c1-15-6-8-18(9-7-15)29-11-10-24(2)13-20(26)23-21-22-19(14-30-21)16-4-3-5-17(12-16)25(27)28/h3-9,12,14H,10-11,13H2,1-2H3,(H,22,23,26). The van der Waals surface area contributed by atoms with Crippen LogP contribution in [0.1, 0.15) is 5.56 Å². The van der Waals surface area contributed by atoms with Gasteiger partial charge in [0, 0.05) is 29.6 Å². The van der Waals surface area contributed by atoms with Crippen LogP contribution in [0.25, 0.3) is 11.3 Å². The number of nitro groups is 1. The van der Waals surface area contributed by atoms with Crippen LogP contribution in [-0.4, -0.2) is 47.5 Å². The van der Waals surface area contributed by atoms with E-state index in [4.69, 9.17) is 4.74 Å². The number of aryl methyl sites for hydroxylation is 1. The van der Waals surface area contributed by atoms with Crippen molar-refractivity contribution in [3.63, 3.8) is 0 Å². The zero-order valence-electron chi connectivity index (χ0n) is 16.7. The number of carbonyl (C=O) groups excluding carboxylic acids is 1. The number of ether oxygens (including phenoxy) is 1. The van der Waals surface area contributed by atoms with E-state index in [0.29, 0.717) is 29.5 Å². The molecule has 3 aromatic rings. The average Bonchev–Trinajstić information content (AvgIpc) is 3.18. The van der Waals surface area contributed by atoms with E-state index in [2.05, 4.69) is 10.3 Å². The van der Waals surface area contributed by atoms with Crippen LogP contribution >= 0.6 is 11.3 Å². The molecule has 0 saturated carbocycles. The first-order valence-electron chi connectivity index (χ1n) is 9.29. The molecule has 0 radical (unpaired) electrons. The largest absolute Gasteiger partial charge is 0.492 e. The first-order chi connectivity index (χ1) is 14.4. The number of likely N-dealkylation sites (N-methyl/N-ethyl adjacent to an activating group) is 1. The number of nitrogens with zero attached hydrogens (tertiary/aromatic N) is 3. The summed E-state index contributed by atoms with van der Waals surface area (Å²) in [7, 11) is 1.84. The number of benzene rings is 2. The first kappa shape index (κ1) is 21.4. The molecule has 3 rings (SSSR count). The van der Waals surface area contributed by atoms with Gasteiger partial charge in [0.2, 0.25) is 5.91 Å². The molecule has 2 aromatic carbocycles. The Kier molecular flexibility index (Phi) is 7.10. The minimum atomic E-state index is -0.447. The van der Waals surface area contributed by atoms with E-state index in [0.717, 1.165) is 5.75 Å². The van der Waals surface area contributed by atoms with Gasteiger partial charge in [-0.05, 0) is 26.1 Å². The van der Waals surface area contributed by atoms with Gasteiger partial charge in [-0.2, -0.15) is 0 Å². The molecule has 0 aliphatic carbocycles. The minimum absolute atomic E-state index is 0.000525. The monoisotopic (exact) mass is 426 g/mol. The van der Waals surface area contributed by atoms with Gasteiger partial charge in [0.25, 0.3) is 5.69 Å². The fourth-order valence-corrected chi connectivity index (χ4v) is 3.42. The highest BCUT2D eigenvalue weighted by atomic mass is 32.1. The fourth-order valence-electron chi connectivity index (χ4n) is 2.68. The highest BCUT2D eigenvalue weighted by Crippen LogP contribution is 2.27. The van der Waals surface area contributed by atoms with E-state index in [-0.39, 0.29) is 18.1 Å². The second-order valence-corrected chi connectivity index (χ2v) is 7.65. The lowest BCUT2D eigenvalue weighted by Gasteiger charge is -2.16. The van der Waals surface area contributed by atoms with Crippen molar-refractivity contribution in [3.8, 4) is 17.0 Å².